The summed E-state index contributed by atoms with van der Waals surface area (Å²) in [7, 11) is 0. The van der Waals surface area contributed by atoms with Crippen LogP contribution in [-0.2, 0) is 16.0 Å². The third kappa shape index (κ3) is 4.68. The van der Waals surface area contributed by atoms with Crippen LogP contribution < -0.4 is 10.3 Å². The second-order valence-corrected chi connectivity index (χ2v) is 7.34. The first-order chi connectivity index (χ1) is 12.5. The highest BCUT2D eigenvalue weighted by molar-refractivity contribution is 7.13. The number of hydrogen-bond acceptors (Lipinski definition) is 6. The number of morpholine rings is 1. The lowest BCUT2D eigenvalue weighted by Crippen LogP contribution is -2.36. The van der Waals surface area contributed by atoms with Crippen LogP contribution in [-0.4, -0.2) is 43.4 Å². The first-order valence-electron chi connectivity index (χ1n) is 8.70. The average Bonchev–Trinajstić information content (AvgIpc) is 3.06. The fraction of sp³-hybridized carbons (Fsp3) is 0.421. The molecule has 0 aliphatic carbocycles. The summed E-state index contributed by atoms with van der Waals surface area (Å²) in [5, 5.41) is 6.99. The molecule has 0 atom stereocenters. The Morgan fingerprint density at radius 1 is 1.31 bits per heavy atom. The van der Waals surface area contributed by atoms with Gasteiger partial charge in [-0.2, -0.15) is 5.10 Å². The second-order valence-electron chi connectivity index (χ2n) is 6.50. The number of carbonyl (C=O) groups excluding carboxylic acids is 1. The molecule has 0 saturated carbocycles. The maximum atomic E-state index is 12.1. The van der Waals surface area contributed by atoms with Crippen molar-refractivity contribution < 1.29 is 9.53 Å². The second kappa shape index (κ2) is 8.42. The standard InChI is InChI=1S/C19H24N4O2S/c1-13-8-14(2)17(15(3)9-13)11-20-22-18(24)10-16-12-26-19(21-16)23-4-6-25-7-5-23/h8-9,11-12H,4-7,10H2,1-3H3,(H,22,24)/b20-11-. The number of hydrogen-bond donors (Lipinski definition) is 1. The van der Waals surface area contributed by atoms with Gasteiger partial charge in [0.2, 0.25) is 5.91 Å². The molecule has 26 heavy (non-hydrogen) atoms. The third-order valence-corrected chi connectivity index (χ3v) is 5.23. The molecule has 1 N–H and O–H groups in total. The van der Waals surface area contributed by atoms with E-state index in [9.17, 15) is 4.79 Å². The van der Waals surface area contributed by atoms with Gasteiger partial charge in [-0.15, -0.1) is 11.3 Å². The van der Waals surface area contributed by atoms with Gasteiger partial charge in [0.25, 0.3) is 0 Å². The van der Waals surface area contributed by atoms with Gasteiger partial charge in [0, 0.05) is 24.0 Å². The minimum atomic E-state index is -0.164. The zero-order valence-electron chi connectivity index (χ0n) is 15.4. The summed E-state index contributed by atoms with van der Waals surface area (Å²) in [5.41, 5.74) is 7.93. The van der Waals surface area contributed by atoms with Crippen LogP contribution in [0.4, 0.5) is 5.13 Å². The monoisotopic (exact) mass is 372 g/mol. The molecule has 1 saturated heterocycles. The van der Waals surface area contributed by atoms with Gasteiger partial charge in [-0.05, 0) is 31.9 Å². The van der Waals surface area contributed by atoms with Crippen LogP contribution in [0.25, 0.3) is 0 Å². The van der Waals surface area contributed by atoms with Gasteiger partial charge in [0.05, 0.1) is 31.5 Å². The highest BCUT2D eigenvalue weighted by Crippen LogP contribution is 2.21. The number of amides is 1. The van der Waals surface area contributed by atoms with Crippen LogP contribution in [0.15, 0.2) is 22.6 Å². The molecule has 1 aliphatic heterocycles. The summed E-state index contributed by atoms with van der Waals surface area (Å²) in [5.74, 6) is -0.164. The number of nitrogens with zero attached hydrogens (tertiary/aromatic N) is 3. The number of hydrazone groups is 1. The Balaban J connectivity index is 1.55. The van der Waals surface area contributed by atoms with E-state index in [1.54, 1.807) is 17.6 Å². The first-order valence-corrected chi connectivity index (χ1v) is 9.58. The maximum absolute atomic E-state index is 12.1. The van der Waals surface area contributed by atoms with Gasteiger partial charge in [-0.3, -0.25) is 4.79 Å². The molecular weight excluding hydrogens is 348 g/mol. The number of aryl methyl sites for hydroxylation is 3. The third-order valence-electron chi connectivity index (χ3n) is 4.28. The molecule has 1 aliphatic rings. The summed E-state index contributed by atoms with van der Waals surface area (Å²) in [6, 6.07) is 4.22. The van der Waals surface area contributed by atoms with E-state index in [0.29, 0.717) is 0 Å². The van der Waals surface area contributed by atoms with E-state index < -0.39 is 0 Å². The van der Waals surface area contributed by atoms with E-state index in [2.05, 4.69) is 39.5 Å². The van der Waals surface area contributed by atoms with Gasteiger partial charge in [0.15, 0.2) is 5.13 Å². The van der Waals surface area contributed by atoms with Crippen LogP contribution in [0.1, 0.15) is 27.9 Å². The molecule has 2 aromatic rings. The van der Waals surface area contributed by atoms with Crippen molar-refractivity contribution in [3.63, 3.8) is 0 Å². The summed E-state index contributed by atoms with van der Waals surface area (Å²) in [6.07, 6.45) is 1.94. The van der Waals surface area contributed by atoms with Crippen molar-refractivity contribution in [2.24, 2.45) is 5.10 Å². The number of ether oxygens (including phenoxy) is 1. The van der Waals surface area contributed by atoms with E-state index >= 15 is 0 Å². The first kappa shape index (κ1) is 18.5. The highest BCUT2D eigenvalue weighted by atomic mass is 32.1. The lowest BCUT2D eigenvalue weighted by molar-refractivity contribution is -0.120. The summed E-state index contributed by atoms with van der Waals surface area (Å²) in [4.78, 5) is 18.9. The number of anilines is 1. The highest BCUT2D eigenvalue weighted by Gasteiger charge is 2.15. The van der Waals surface area contributed by atoms with E-state index in [1.807, 2.05) is 19.2 Å². The van der Waals surface area contributed by atoms with E-state index in [4.69, 9.17) is 4.74 Å². The predicted octanol–water partition coefficient (Wildman–Crippen LogP) is 2.60. The Kier molecular flexibility index (Phi) is 6.00. The quantitative estimate of drug-likeness (QED) is 0.647. The zero-order valence-corrected chi connectivity index (χ0v) is 16.2. The normalized spacial score (nSPS) is 14.8. The number of rotatable bonds is 5. The van der Waals surface area contributed by atoms with E-state index in [1.165, 1.54) is 5.56 Å². The molecule has 1 amide bonds. The Morgan fingerprint density at radius 3 is 2.69 bits per heavy atom. The van der Waals surface area contributed by atoms with Crippen molar-refractivity contribution in [2.75, 3.05) is 31.2 Å². The van der Waals surface area contributed by atoms with Gasteiger partial charge in [-0.1, -0.05) is 17.7 Å². The van der Waals surface area contributed by atoms with Crippen molar-refractivity contribution in [1.82, 2.24) is 10.4 Å². The van der Waals surface area contributed by atoms with Gasteiger partial charge >= 0.3 is 0 Å². The molecule has 0 bridgehead atoms. The Hall–Kier alpha value is -2.25. The number of thiazole rings is 1. The minimum Gasteiger partial charge on any atom is -0.378 e. The van der Waals surface area contributed by atoms with E-state index in [0.717, 1.165) is 53.8 Å². The van der Waals surface area contributed by atoms with Gasteiger partial charge in [-0.25, -0.2) is 10.4 Å². The van der Waals surface area contributed by atoms with Crippen LogP contribution in [0.2, 0.25) is 0 Å². The van der Waals surface area contributed by atoms with Crippen molar-refractivity contribution in [3.8, 4) is 0 Å². The van der Waals surface area contributed by atoms with Crippen molar-refractivity contribution in [1.29, 1.82) is 0 Å². The molecule has 138 valence electrons. The van der Waals surface area contributed by atoms with Crippen LogP contribution in [0, 0.1) is 20.8 Å². The Bertz CT molecular complexity index is 787. The van der Waals surface area contributed by atoms with E-state index in [-0.39, 0.29) is 12.3 Å². The lowest BCUT2D eigenvalue weighted by atomic mass is 10.0. The van der Waals surface area contributed by atoms with Crippen LogP contribution >= 0.6 is 11.3 Å². The molecule has 1 fully saturated rings. The molecule has 7 heteroatoms. The van der Waals surface area contributed by atoms with Crippen molar-refractivity contribution in [3.05, 3.63) is 45.5 Å². The predicted molar refractivity (Wildman–Crippen MR) is 105 cm³/mol. The smallest absolute Gasteiger partial charge is 0.246 e. The van der Waals surface area contributed by atoms with Gasteiger partial charge < -0.3 is 9.64 Å². The van der Waals surface area contributed by atoms with Crippen molar-refractivity contribution in [2.45, 2.75) is 27.2 Å². The molecule has 1 aromatic carbocycles. The maximum Gasteiger partial charge on any atom is 0.246 e. The molecule has 0 radical (unpaired) electrons. The Morgan fingerprint density at radius 2 is 2.00 bits per heavy atom. The summed E-state index contributed by atoms with van der Waals surface area (Å²) >= 11 is 1.56. The number of benzene rings is 1. The van der Waals surface area contributed by atoms with Crippen LogP contribution in [0.5, 0.6) is 0 Å². The van der Waals surface area contributed by atoms with Crippen LogP contribution in [0.3, 0.4) is 0 Å². The SMILES string of the molecule is Cc1cc(C)c(/C=N\NC(=O)Cc2csc(N3CCOCC3)n2)c(C)c1. The number of aromatic nitrogens is 1. The molecule has 0 spiro atoms. The molecular formula is C19H24N4O2S. The lowest BCUT2D eigenvalue weighted by Gasteiger charge is -2.26. The zero-order chi connectivity index (χ0) is 18.5. The molecule has 3 rings (SSSR count). The molecule has 1 aromatic heterocycles. The summed E-state index contributed by atoms with van der Waals surface area (Å²) in [6.45, 7) is 9.31. The summed E-state index contributed by atoms with van der Waals surface area (Å²) < 4.78 is 5.35. The number of carbonyl (C=O) groups is 1. The Labute approximate surface area is 157 Å². The van der Waals surface area contributed by atoms with Gasteiger partial charge in [0.1, 0.15) is 0 Å². The topological polar surface area (TPSA) is 66.8 Å². The molecule has 2 heterocycles. The average molecular weight is 372 g/mol. The fourth-order valence-corrected chi connectivity index (χ4v) is 3.92. The largest absolute Gasteiger partial charge is 0.378 e. The van der Waals surface area contributed by atoms with Crippen molar-refractivity contribution >= 4 is 28.6 Å². The fourth-order valence-electron chi connectivity index (χ4n) is 3.05. The minimum absolute atomic E-state index is 0.164. The molecule has 0 unspecified atom stereocenters. The number of nitrogens with one attached hydrogen (secondary N) is 1. The molecule has 6 nitrogen and oxygen atoms in total.